The van der Waals surface area contributed by atoms with Crippen molar-refractivity contribution < 1.29 is 18.1 Å². The zero-order valence-corrected chi connectivity index (χ0v) is 14.1. The van der Waals surface area contributed by atoms with E-state index in [-0.39, 0.29) is 35.6 Å². The Morgan fingerprint density at radius 2 is 1.85 bits per heavy atom. The zero-order chi connectivity index (χ0) is 18.3. The number of aromatic nitrogens is 2. The predicted octanol–water partition coefficient (Wildman–Crippen LogP) is 4.19. The molecule has 1 fully saturated rings. The highest BCUT2D eigenvalue weighted by molar-refractivity contribution is 6.33. The molecule has 1 aliphatic heterocycles. The van der Waals surface area contributed by atoms with Crippen molar-refractivity contribution in [1.82, 2.24) is 10.1 Å². The number of hydrogen-bond acceptors (Lipinski definition) is 4. The predicted molar refractivity (Wildman–Crippen MR) is 90.8 cm³/mol. The lowest BCUT2D eigenvalue weighted by atomic mass is 10.1. The Labute approximate surface area is 152 Å². The van der Waals surface area contributed by atoms with Crippen molar-refractivity contribution in [1.29, 1.82) is 0 Å². The first kappa shape index (κ1) is 16.7. The second kappa shape index (κ2) is 6.49. The van der Waals surface area contributed by atoms with Gasteiger partial charge in [-0.05, 0) is 42.5 Å². The van der Waals surface area contributed by atoms with Crippen molar-refractivity contribution in [2.24, 2.45) is 0 Å². The number of amides is 1. The highest BCUT2D eigenvalue weighted by Crippen LogP contribution is 2.35. The van der Waals surface area contributed by atoms with E-state index in [2.05, 4.69) is 10.1 Å². The van der Waals surface area contributed by atoms with Gasteiger partial charge in [-0.2, -0.15) is 4.98 Å². The van der Waals surface area contributed by atoms with Crippen molar-refractivity contribution in [3.8, 4) is 11.4 Å². The molecule has 1 saturated heterocycles. The van der Waals surface area contributed by atoms with Gasteiger partial charge in [-0.15, -0.1) is 0 Å². The molecule has 0 spiro atoms. The molecule has 0 radical (unpaired) electrons. The summed E-state index contributed by atoms with van der Waals surface area (Å²) < 4.78 is 31.8. The van der Waals surface area contributed by atoms with Gasteiger partial charge in [0.25, 0.3) is 0 Å². The molecular weight excluding hydrogens is 364 g/mol. The minimum atomic E-state index is -0.475. The molecule has 132 valence electrons. The Morgan fingerprint density at radius 3 is 2.62 bits per heavy atom. The number of nitrogens with zero attached hydrogens (tertiary/aromatic N) is 3. The van der Waals surface area contributed by atoms with E-state index in [4.69, 9.17) is 16.1 Å². The Morgan fingerprint density at radius 1 is 1.12 bits per heavy atom. The van der Waals surface area contributed by atoms with E-state index in [0.717, 1.165) is 0 Å². The Hall–Kier alpha value is -2.80. The first-order chi connectivity index (χ1) is 12.5. The molecule has 4 rings (SSSR count). The van der Waals surface area contributed by atoms with Crippen LogP contribution in [-0.4, -0.2) is 22.6 Å². The number of carbonyl (C=O) groups excluding carboxylic acids is 1. The number of anilines is 1. The third-order valence-electron chi connectivity index (χ3n) is 4.22. The number of hydrogen-bond donors (Lipinski definition) is 0. The molecule has 3 aromatic rings. The monoisotopic (exact) mass is 375 g/mol. The van der Waals surface area contributed by atoms with Gasteiger partial charge in [-0.25, -0.2) is 8.78 Å². The minimum absolute atomic E-state index is 0.151. The normalized spacial score (nSPS) is 17.1. The summed E-state index contributed by atoms with van der Waals surface area (Å²) >= 11 is 6.09. The van der Waals surface area contributed by atoms with Crippen molar-refractivity contribution in [2.75, 3.05) is 11.4 Å². The lowest BCUT2D eigenvalue weighted by Gasteiger charge is -2.17. The molecule has 2 heterocycles. The SMILES string of the molecule is O=C1CC(c2nc(-c3ccc(F)cc3)no2)CN1c1cc(F)ccc1Cl. The van der Waals surface area contributed by atoms with E-state index < -0.39 is 5.82 Å². The highest BCUT2D eigenvalue weighted by Gasteiger charge is 2.36. The van der Waals surface area contributed by atoms with Crippen LogP contribution in [-0.2, 0) is 4.79 Å². The molecule has 0 saturated carbocycles. The van der Waals surface area contributed by atoms with Gasteiger partial charge in [0.1, 0.15) is 11.6 Å². The molecule has 1 atom stereocenters. The smallest absolute Gasteiger partial charge is 0.232 e. The van der Waals surface area contributed by atoms with Gasteiger partial charge < -0.3 is 9.42 Å². The molecule has 5 nitrogen and oxygen atoms in total. The average molecular weight is 376 g/mol. The maximum atomic E-state index is 13.5. The van der Waals surface area contributed by atoms with Crippen molar-refractivity contribution in [3.05, 3.63) is 65.0 Å². The highest BCUT2D eigenvalue weighted by atomic mass is 35.5. The molecule has 0 aliphatic carbocycles. The minimum Gasteiger partial charge on any atom is -0.339 e. The van der Waals surface area contributed by atoms with Crippen LogP contribution in [0.3, 0.4) is 0 Å². The number of rotatable bonds is 3. The van der Waals surface area contributed by atoms with Gasteiger partial charge in [0.2, 0.25) is 17.6 Å². The molecule has 1 amide bonds. The topological polar surface area (TPSA) is 59.2 Å². The van der Waals surface area contributed by atoms with E-state index in [0.29, 0.717) is 23.0 Å². The molecule has 1 aromatic heterocycles. The summed E-state index contributed by atoms with van der Waals surface area (Å²) in [5.41, 5.74) is 0.924. The van der Waals surface area contributed by atoms with Crippen LogP contribution in [0.2, 0.25) is 5.02 Å². The van der Waals surface area contributed by atoms with E-state index >= 15 is 0 Å². The Balaban J connectivity index is 1.58. The van der Waals surface area contributed by atoms with Crippen molar-refractivity contribution in [3.63, 3.8) is 0 Å². The largest absolute Gasteiger partial charge is 0.339 e. The van der Waals surface area contributed by atoms with Crippen molar-refractivity contribution >= 4 is 23.2 Å². The molecule has 2 aromatic carbocycles. The molecule has 8 heteroatoms. The summed E-state index contributed by atoms with van der Waals surface area (Å²) in [6.45, 7) is 0.257. The van der Waals surface area contributed by atoms with E-state index in [1.807, 2.05) is 0 Å². The van der Waals surface area contributed by atoms with E-state index in [1.165, 1.54) is 35.2 Å². The fourth-order valence-electron chi connectivity index (χ4n) is 2.92. The van der Waals surface area contributed by atoms with Gasteiger partial charge in [0.05, 0.1) is 16.6 Å². The van der Waals surface area contributed by atoms with E-state index in [1.54, 1.807) is 12.1 Å². The first-order valence-corrected chi connectivity index (χ1v) is 8.24. The van der Waals surface area contributed by atoms with Crippen LogP contribution in [0.5, 0.6) is 0 Å². The van der Waals surface area contributed by atoms with Crippen molar-refractivity contribution in [2.45, 2.75) is 12.3 Å². The lowest BCUT2D eigenvalue weighted by molar-refractivity contribution is -0.117. The number of carbonyl (C=O) groups is 1. The maximum Gasteiger partial charge on any atom is 0.232 e. The van der Waals surface area contributed by atoms with E-state index in [9.17, 15) is 13.6 Å². The number of benzene rings is 2. The fraction of sp³-hybridized carbons (Fsp3) is 0.167. The molecule has 1 unspecified atom stereocenters. The van der Waals surface area contributed by atoms with Gasteiger partial charge >= 0.3 is 0 Å². The summed E-state index contributed by atoms with van der Waals surface area (Å²) in [4.78, 5) is 18.1. The molecule has 26 heavy (non-hydrogen) atoms. The molecule has 1 aliphatic rings. The van der Waals surface area contributed by atoms with Crippen LogP contribution in [0, 0.1) is 11.6 Å². The molecular formula is C18H12ClF2N3O2. The van der Waals surface area contributed by atoms with Crippen LogP contribution in [0.1, 0.15) is 18.2 Å². The average Bonchev–Trinajstić information content (AvgIpc) is 3.25. The first-order valence-electron chi connectivity index (χ1n) is 7.86. The Bertz CT molecular complexity index is 975. The van der Waals surface area contributed by atoms with Crippen LogP contribution in [0.4, 0.5) is 14.5 Å². The second-order valence-corrected chi connectivity index (χ2v) is 6.37. The standard InChI is InChI=1S/C18H12ClF2N3O2/c19-14-6-5-13(21)8-15(14)24-9-11(7-16(24)25)18-22-17(23-26-18)10-1-3-12(20)4-2-10/h1-6,8,11H,7,9H2. The third-order valence-corrected chi connectivity index (χ3v) is 4.54. The number of halogens is 3. The second-order valence-electron chi connectivity index (χ2n) is 5.96. The molecule has 0 N–H and O–H groups in total. The maximum absolute atomic E-state index is 13.5. The molecule has 0 bridgehead atoms. The summed E-state index contributed by atoms with van der Waals surface area (Å²) in [5, 5.41) is 4.18. The van der Waals surface area contributed by atoms with Crippen LogP contribution in [0.25, 0.3) is 11.4 Å². The Kier molecular flexibility index (Phi) is 4.16. The third kappa shape index (κ3) is 3.06. The van der Waals surface area contributed by atoms with Crippen LogP contribution in [0.15, 0.2) is 47.0 Å². The zero-order valence-electron chi connectivity index (χ0n) is 13.3. The quantitative estimate of drug-likeness (QED) is 0.688. The fourth-order valence-corrected chi connectivity index (χ4v) is 3.14. The summed E-state index contributed by atoms with van der Waals surface area (Å²) in [6, 6.07) is 9.56. The summed E-state index contributed by atoms with van der Waals surface area (Å²) in [7, 11) is 0. The van der Waals surface area contributed by atoms with Crippen LogP contribution < -0.4 is 4.90 Å². The summed E-state index contributed by atoms with van der Waals surface area (Å²) in [6.07, 6.45) is 0.151. The van der Waals surface area contributed by atoms with Gasteiger partial charge in [-0.1, -0.05) is 16.8 Å². The van der Waals surface area contributed by atoms with Gasteiger partial charge in [-0.3, -0.25) is 4.79 Å². The van der Waals surface area contributed by atoms with Crippen LogP contribution >= 0.6 is 11.6 Å². The van der Waals surface area contributed by atoms with Gasteiger partial charge in [0.15, 0.2) is 0 Å². The summed E-state index contributed by atoms with van der Waals surface area (Å²) in [5.74, 6) is -0.756. The van der Waals surface area contributed by atoms with Gasteiger partial charge in [0, 0.05) is 18.5 Å². The lowest BCUT2D eigenvalue weighted by Crippen LogP contribution is -2.24.